The van der Waals surface area contributed by atoms with E-state index in [2.05, 4.69) is 15.0 Å². The average Bonchev–Trinajstić information content (AvgIpc) is 3.16. The third-order valence-corrected chi connectivity index (χ3v) is 4.85. The Morgan fingerprint density at radius 3 is 2.40 bits per heavy atom. The fourth-order valence-corrected chi connectivity index (χ4v) is 3.41. The van der Waals surface area contributed by atoms with Crippen LogP contribution in [0.2, 0.25) is 0 Å². The Morgan fingerprint density at radius 1 is 1.07 bits per heavy atom. The van der Waals surface area contributed by atoms with E-state index in [0.29, 0.717) is 33.5 Å². The number of ether oxygens (including phenoxy) is 3. The van der Waals surface area contributed by atoms with E-state index in [0.717, 1.165) is 0 Å². The summed E-state index contributed by atoms with van der Waals surface area (Å²) in [6.45, 7) is 0. The maximum Gasteiger partial charge on any atom is 0.573 e. The Balaban J connectivity index is 1.65. The van der Waals surface area contributed by atoms with Crippen LogP contribution in [0, 0.1) is 0 Å². The Morgan fingerprint density at radius 2 is 1.77 bits per heavy atom. The monoisotopic (exact) mass is 438 g/mol. The molecule has 0 atom stereocenters. The minimum Gasteiger partial charge on any atom is -0.497 e. The Bertz CT molecular complexity index is 1020. The number of hydrogen-bond donors (Lipinski definition) is 1. The third-order valence-electron chi connectivity index (χ3n) is 3.91. The Labute approximate surface area is 174 Å². The summed E-state index contributed by atoms with van der Waals surface area (Å²) in [7, 11) is 3.02. The molecule has 0 aliphatic rings. The van der Waals surface area contributed by atoms with E-state index in [1.807, 2.05) is 0 Å². The Hall–Kier alpha value is -3.27. The van der Waals surface area contributed by atoms with E-state index in [9.17, 15) is 18.0 Å². The molecule has 0 aliphatic heterocycles. The number of carbonyl (C=O) groups is 1. The number of aromatic nitrogens is 1. The van der Waals surface area contributed by atoms with Gasteiger partial charge in [-0.2, -0.15) is 0 Å². The lowest BCUT2D eigenvalue weighted by Gasteiger charge is -2.11. The summed E-state index contributed by atoms with van der Waals surface area (Å²) in [4.78, 5) is 16.8. The van der Waals surface area contributed by atoms with Crippen LogP contribution in [0.3, 0.4) is 0 Å². The summed E-state index contributed by atoms with van der Waals surface area (Å²) >= 11 is 1.29. The van der Waals surface area contributed by atoms with Crippen molar-refractivity contribution in [2.45, 2.75) is 12.8 Å². The predicted molar refractivity (Wildman–Crippen MR) is 106 cm³/mol. The number of benzene rings is 2. The van der Waals surface area contributed by atoms with Gasteiger partial charge >= 0.3 is 6.36 Å². The van der Waals surface area contributed by atoms with Crippen LogP contribution in [0.1, 0.15) is 5.69 Å². The molecule has 3 rings (SSSR count). The van der Waals surface area contributed by atoms with E-state index in [4.69, 9.17) is 9.47 Å². The van der Waals surface area contributed by atoms with Gasteiger partial charge in [0.2, 0.25) is 5.91 Å². The first-order chi connectivity index (χ1) is 14.3. The molecule has 3 aromatic rings. The molecule has 30 heavy (non-hydrogen) atoms. The highest BCUT2D eigenvalue weighted by Crippen LogP contribution is 2.30. The number of amides is 1. The molecule has 0 saturated heterocycles. The van der Waals surface area contributed by atoms with Gasteiger partial charge in [-0.1, -0.05) is 0 Å². The molecule has 10 heteroatoms. The molecular formula is C20H17F3N2O4S. The van der Waals surface area contributed by atoms with Gasteiger partial charge in [0.25, 0.3) is 0 Å². The number of halogens is 3. The molecule has 0 saturated carbocycles. The Kier molecular flexibility index (Phi) is 6.46. The van der Waals surface area contributed by atoms with Gasteiger partial charge in [-0.3, -0.25) is 4.79 Å². The minimum absolute atomic E-state index is 0.0287. The maximum atomic E-state index is 12.4. The number of nitrogens with one attached hydrogen (secondary N) is 1. The minimum atomic E-state index is -4.74. The molecular weight excluding hydrogens is 421 g/mol. The normalized spacial score (nSPS) is 11.1. The lowest BCUT2D eigenvalue weighted by atomic mass is 10.2. The molecule has 1 aromatic heterocycles. The van der Waals surface area contributed by atoms with Crippen LogP contribution in [-0.2, 0) is 11.2 Å². The maximum absolute atomic E-state index is 12.4. The second-order valence-electron chi connectivity index (χ2n) is 6.01. The summed E-state index contributed by atoms with van der Waals surface area (Å²) < 4.78 is 51.0. The number of methoxy groups -OCH3 is 2. The van der Waals surface area contributed by atoms with Crippen molar-refractivity contribution >= 4 is 22.9 Å². The van der Waals surface area contributed by atoms with E-state index < -0.39 is 6.36 Å². The highest BCUT2D eigenvalue weighted by atomic mass is 32.1. The van der Waals surface area contributed by atoms with Crippen LogP contribution in [0.25, 0.3) is 10.6 Å². The van der Waals surface area contributed by atoms with Gasteiger partial charge < -0.3 is 19.5 Å². The van der Waals surface area contributed by atoms with Crippen molar-refractivity contribution in [3.05, 3.63) is 53.5 Å². The molecule has 0 aliphatic carbocycles. The molecule has 1 amide bonds. The van der Waals surface area contributed by atoms with Crippen molar-refractivity contribution in [1.82, 2.24) is 4.98 Å². The SMILES string of the molecule is COc1ccc(NC(=O)Cc2csc(-c3ccc(OC(F)(F)F)cc3)n2)c(OC)c1. The van der Waals surface area contributed by atoms with E-state index >= 15 is 0 Å². The van der Waals surface area contributed by atoms with Crippen LogP contribution < -0.4 is 19.5 Å². The molecule has 0 radical (unpaired) electrons. The van der Waals surface area contributed by atoms with Gasteiger partial charge in [0.15, 0.2) is 0 Å². The van der Waals surface area contributed by atoms with Gasteiger partial charge in [-0.15, -0.1) is 24.5 Å². The highest BCUT2D eigenvalue weighted by Gasteiger charge is 2.31. The summed E-state index contributed by atoms with van der Waals surface area (Å²) in [5, 5.41) is 5.07. The number of rotatable bonds is 7. The van der Waals surface area contributed by atoms with Crippen molar-refractivity contribution < 1.29 is 32.2 Å². The number of hydrogen-bond acceptors (Lipinski definition) is 6. The average molecular weight is 438 g/mol. The molecule has 0 unspecified atom stereocenters. The summed E-state index contributed by atoms with van der Waals surface area (Å²) in [6, 6.07) is 10.4. The van der Waals surface area contributed by atoms with Crippen molar-refractivity contribution in [3.8, 4) is 27.8 Å². The van der Waals surface area contributed by atoms with E-state index in [-0.39, 0.29) is 18.1 Å². The number of carbonyl (C=O) groups excluding carboxylic acids is 1. The zero-order valence-corrected chi connectivity index (χ0v) is 16.8. The fraction of sp³-hybridized carbons (Fsp3) is 0.200. The molecule has 158 valence electrons. The molecule has 0 fully saturated rings. The van der Waals surface area contributed by atoms with Crippen LogP contribution in [0.5, 0.6) is 17.2 Å². The molecule has 6 nitrogen and oxygen atoms in total. The molecule has 0 spiro atoms. The van der Waals surface area contributed by atoms with Gasteiger partial charge in [-0.25, -0.2) is 4.98 Å². The van der Waals surface area contributed by atoms with E-state index in [1.165, 1.54) is 49.8 Å². The topological polar surface area (TPSA) is 69.7 Å². The molecule has 1 heterocycles. The second kappa shape index (κ2) is 9.04. The largest absolute Gasteiger partial charge is 0.573 e. The van der Waals surface area contributed by atoms with Crippen LogP contribution in [0.4, 0.5) is 18.9 Å². The van der Waals surface area contributed by atoms with E-state index in [1.54, 1.807) is 23.6 Å². The first kappa shape index (κ1) is 21.4. The summed E-state index contributed by atoms with van der Waals surface area (Å²) in [6.07, 6.45) is -4.71. The number of nitrogens with zero attached hydrogens (tertiary/aromatic N) is 1. The fourth-order valence-electron chi connectivity index (χ4n) is 2.58. The van der Waals surface area contributed by atoms with Gasteiger partial charge in [0, 0.05) is 17.0 Å². The standard InChI is InChI=1S/C20H17F3N2O4S/c1-27-15-7-8-16(17(10-15)28-2)25-18(26)9-13-11-30-19(24-13)12-3-5-14(6-4-12)29-20(21,22)23/h3-8,10-11H,9H2,1-2H3,(H,25,26). The summed E-state index contributed by atoms with van der Waals surface area (Å²) in [5.74, 6) is 0.462. The quantitative estimate of drug-likeness (QED) is 0.568. The predicted octanol–water partition coefficient (Wildman–Crippen LogP) is 4.91. The molecule has 1 N–H and O–H groups in total. The number of alkyl halides is 3. The van der Waals surface area contributed by atoms with Gasteiger partial charge in [-0.05, 0) is 36.4 Å². The van der Waals surface area contributed by atoms with Gasteiger partial charge in [0.05, 0.1) is 32.0 Å². The first-order valence-electron chi connectivity index (χ1n) is 8.60. The zero-order valence-electron chi connectivity index (χ0n) is 15.9. The lowest BCUT2D eigenvalue weighted by Crippen LogP contribution is -2.16. The third kappa shape index (κ3) is 5.63. The smallest absolute Gasteiger partial charge is 0.497 e. The van der Waals surface area contributed by atoms with Crippen molar-refractivity contribution in [3.63, 3.8) is 0 Å². The van der Waals surface area contributed by atoms with Crippen molar-refractivity contribution in [1.29, 1.82) is 0 Å². The molecule has 0 bridgehead atoms. The van der Waals surface area contributed by atoms with Crippen molar-refractivity contribution in [2.24, 2.45) is 0 Å². The second-order valence-corrected chi connectivity index (χ2v) is 6.87. The van der Waals surface area contributed by atoms with Crippen LogP contribution in [0.15, 0.2) is 47.8 Å². The first-order valence-corrected chi connectivity index (χ1v) is 9.48. The zero-order chi connectivity index (χ0) is 21.7. The lowest BCUT2D eigenvalue weighted by molar-refractivity contribution is -0.274. The molecule has 2 aromatic carbocycles. The van der Waals surface area contributed by atoms with Crippen LogP contribution >= 0.6 is 11.3 Å². The van der Waals surface area contributed by atoms with Crippen molar-refractivity contribution in [2.75, 3.05) is 19.5 Å². The number of anilines is 1. The van der Waals surface area contributed by atoms with Gasteiger partial charge in [0.1, 0.15) is 22.3 Å². The number of thiazole rings is 1. The van der Waals surface area contributed by atoms with Crippen LogP contribution in [-0.4, -0.2) is 31.5 Å². The highest BCUT2D eigenvalue weighted by molar-refractivity contribution is 7.13. The summed E-state index contributed by atoms with van der Waals surface area (Å²) in [5.41, 5.74) is 1.66.